The summed E-state index contributed by atoms with van der Waals surface area (Å²) in [7, 11) is 1.53. The highest BCUT2D eigenvalue weighted by molar-refractivity contribution is 8.27. The Kier molecular flexibility index (Phi) is 6.32. The van der Waals surface area contributed by atoms with Gasteiger partial charge in [-0.2, -0.15) is 0 Å². The van der Waals surface area contributed by atoms with Crippen LogP contribution < -0.4 is 14.4 Å². The molecule has 5 aliphatic rings. The zero-order valence-electron chi connectivity index (χ0n) is 20.2. The molecule has 5 fully saturated rings. The van der Waals surface area contributed by atoms with Crippen molar-refractivity contribution in [3.05, 3.63) is 57.7 Å². The lowest BCUT2D eigenvalue weighted by Crippen LogP contribution is -2.51. The molecule has 4 aliphatic carbocycles. The van der Waals surface area contributed by atoms with Crippen LogP contribution in [0.5, 0.6) is 11.5 Å². The van der Waals surface area contributed by atoms with Gasteiger partial charge in [0.25, 0.3) is 5.91 Å². The average molecular weight is 558 g/mol. The number of methoxy groups -OCH3 is 1. The highest BCUT2D eigenvalue weighted by Crippen LogP contribution is 2.60. The molecule has 0 atom stereocenters. The number of esters is 1. The Balaban J connectivity index is 1.21. The third kappa shape index (κ3) is 4.47. The molecule has 1 amide bonds. The second-order valence-electron chi connectivity index (χ2n) is 10.6. The summed E-state index contributed by atoms with van der Waals surface area (Å²) in [6.45, 7) is 0. The summed E-state index contributed by atoms with van der Waals surface area (Å²) in [5.41, 5.74) is 0.737. The van der Waals surface area contributed by atoms with Gasteiger partial charge in [-0.05, 0) is 98.2 Å². The second kappa shape index (κ2) is 9.40. The molecule has 4 bridgehead atoms. The van der Waals surface area contributed by atoms with Crippen molar-refractivity contribution in [2.24, 2.45) is 23.2 Å². The monoisotopic (exact) mass is 557 g/mol. The van der Waals surface area contributed by atoms with Crippen molar-refractivity contribution in [2.75, 3.05) is 12.0 Å². The minimum Gasteiger partial charge on any atom is -0.493 e. The zero-order chi connectivity index (χ0) is 25.9. The Labute approximate surface area is 229 Å². The lowest BCUT2D eigenvalue weighted by atomic mass is 9.49. The van der Waals surface area contributed by atoms with Crippen molar-refractivity contribution in [3.63, 3.8) is 0 Å². The number of anilines is 1. The summed E-state index contributed by atoms with van der Waals surface area (Å²) in [5, 5.41) is -0.0843. The number of rotatable bonds is 5. The highest BCUT2D eigenvalue weighted by Gasteiger charge is 2.55. The van der Waals surface area contributed by atoms with E-state index in [0.29, 0.717) is 49.7 Å². The average Bonchev–Trinajstić information content (AvgIpc) is 3.13. The van der Waals surface area contributed by atoms with E-state index in [2.05, 4.69) is 0 Å². The van der Waals surface area contributed by atoms with Crippen LogP contribution in [0.1, 0.15) is 44.1 Å². The van der Waals surface area contributed by atoms with E-state index in [1.54, 1.807) is 24.3 Å². The molecule has 192 valence electrons. The van der Waals surface area contributed by atoms with Crippen LogP contribution in [0.2, 0.25) is 5.02 Å². The van der Waals surface area contributed by atoms with Gasteiger partial charge in [0.05, 0.1) is 28.1 Å². The lowest BCUT2D eigenvalue weighted by molar-refractivity contribution is -0.161. The number of hydrogen-bond acceptors (Lipinski definition) is 6. The predicted molar refractivity (Wildman–Crippen MR) is 146 cm³/mol. The summed E-state index contributed by atoms with van der Waals surface area (Å²) in [5.74, 6) is 1.71. The molecule has 2 aromatic carbocycles. The van der Waals surface area contributed by atoms with Gasteiger partial charge >= 0.3 is 5.97 Å². The smallest absolute Gasteiger partial charge is 0.317 e. The summed E-state index contributed by atoms with van der Waals surface area (Å²) in [4.78, 5) is 28.2. The van der Waals surface area contributed by atoms with E-state index in [-0.39, 0.29) is 22.3 Å². The Bertz CT molecular complexity index is 1320. The second-order valence-corrected chi connectivity index (χ2v) is 12.7. The van der Waals surface area contributed by atoms with E-state index >= 15 is 0 Å². The van der Waals surface area contributed by atoms with Gasteiger partial charge in [-0.15, -0.1) is 0 Å². The molecule has 2 aromatic rings. The molecule has 1 aliphatic heterocycles. The van der Waals surface area contributed by atoms with Crippen LogP contribution >= 0.6 is 35.6 Å². The van der Waals surface area contributed by atoms with Crippen LogP contribution in [-0.2, 0) is 9.59 Å². The fraction of sp³-hybridized carbons (Fsp3) is 0.393. The summed E-state index contributed by atoms with van der Waals surface area (Å²) >= 11 is 12.4. The number of ether oxygens (including phenoxy) is 2. The quantitative estimate of drug-likeness (QED) is 0.170. The van der Waals surface area contributed by atoms with Crippen LogP contribution in [0.3, 0.4) is 0 Å². The molecule has 0 aromatic heterocycles. The third-order valence-electron chi connectivity index (χ3n) is 8.11. The first-order chi connectivity index (χ1) is 17.7. The molecule has 1 saturated heterocycles. The molecule has 0 spiro atoms. The van der Waals surface area contributed by atoms with Gasteiger partial charge in [0.15, 0.2) is 15.8 Å². The normalized spacial score (nSPS) is 29.3. The molecule has 37 heavy (non-hydrogen) atoms. The van der Waals surface area contributed by atoms with Crippen molar-refractivity contribution >= 4 is 63.5 Å². The van der Waals surface area contributed by atoms with E-state index in [4.69, 9.17) is 33.3 Å². The number of nitrogens with zero attached hydrogens (tertiary/aromatic N) is 1. The minimum atomic E-state index is -0.567. The summed E-state index contributed by atoms with van der Waals surface area (Å²) in [6, 6.07) is 9.28. The van der Waals surface area contributed by atoms with Crippen LogP contribution in [-0.4, -0.2) is 23.3 Å². The van der Waals surface area contributed by atoms with Gasteiger partial charge in [0.1, 0.15) is 5.82 Å². The van der Waals surface area contributed by atoms with Crippen LogP contribution in [0, 0.1) is 29.0 Å². The number of carbonyl (C=O) groups excluding carboxylic acids is 2. The Hall–Kier alpha value is -2.42. The van der Waals surface area contributed by atoms with E-state index in [0.717, 1.165) is 31.0 Å². The first kappa shape index (κ1) is 24.9. The van der Waals surface area contributed by atoms with Crippen molar-refractivity contribution < 1.29 is 23.5 Å². The molecule has 9 heteroatoms. The molecule has 5 nitrogen and oxygen atoms in total. The topological polar surface area (TPSA) is 55.8 Å². The van der Waals surface area contributed by atoms with E-state index in [1.807, 2.05) is 0 Å². The van der Waals surface area contributed by atoms with Crippen molar-refractivity contribution in [1.29, 1.82) is 0 Å². The first-order valence-electron chi connectivity index (χ1n) is 12.4. The van der Waals surface area contributed by atoms with Crippen molar-refractivity contribution in [2.45, 2.75) is 38.5 Å². The van der Waals surface area contributed by atoms with E-state index in [9.17, 15) is 14.0 Å². The molecular weight excluding hydrogens is 533 g/mol. The van der Waals surface area contributed by atoms with Gasteiger partial charge in [-0.3, -0.25) is 14.5 Å². The van der Waals surface area contributed by atoms with E-state index in [1.165, 1.54) is 49.5 Å². The van der Waals surface area contributed by atoms with Crippen LogP contribution in [0.15, 0.2) is 41.3 Å². The van der Waals surface area contributed by atoms with Crippen molar-refractivity contribution in [3.8, 4) is 11.5 Å². The number of halogens is 2. The Morgan fingerprint density at radius 2 is 1.78 bits per heavy atom. The molecular formula is C28H25ClFNO4S2. The molecule has 7 rings (SSSR count). The summed E-state index contributed by atoms with van der Waals surface area (Å²) < 4.78 is 25.4. The van der Waals surface area contributed by atoms with Gasteiger partial charge in [-0.1, -0.05) is 41.6 Å². The number of thioether (sulfide) groups is 1. The fourth-order valence-corrected chi connectivity index (χ4v) is 8.37. The Morgan fingerprint density at radius 3 is 2.41 bits per heavy atom. The largest absolute Gasteiger partial charge is 0.493 e. The maximum absolute atomic E-state index is 13.6. The predicted octanol–water partition coefficient (Wildman–Crippen LogP) is 7.02. The van der Waals surface area contributed by atoms with Crippen molar-refractivity contribution in [1.82, 2.24) is 0 Å². The molecule has 4 saturated carbocycles. The summed E-state index contributed by atoms with van der Waals surface area (Å²) in [6.07, 6.45) is 8.26. The number of benzene rings is 2. The third-order valence-corrected chi connectivity index (χ3v) is 9.71. The minimum absolute atomic E-state index is 0.0843. The van der Waals surface area contributed by atoms with Gasteiger partial charge in [-0.25, -0.2) is 4.39 Å². The number of amides is 1. The van der Waals surface area contributed by atoms with Crippen LogP contribution in [0.4, 0.5) is 10.1 Å². The Morgan fingerprint density at radius 1 is 1.11 bits per heavy atom. The van der Waals surface area contributed by atoms with Crippen LogP contribution in [0.25, 0.3) is 6.08 Å². The molecule has 0 radical (unpaired) electrons. The SMILES string of the molecule is COc1cc(/C=C2\SC(=S)N(c3ccc(F)c(Cl)c3)C2=O)ccc1OC(=O)C12CC3CC(CC(C3)C1)C2. The fourth-order valence-electron chi connectivity index (χ4n) is 6.89. The molecule has 0 N–H and O–H groups in total. The first-order valence-corrected chi connectivity index (χ1v) is 14.0. The van der Waals surface area contributed by atoms with Gasteiger partial charge in [0.2, 0.25) is 0 Å². The number of carbonyl (C=O) groups is 2. The lowest BCUT2D eigenvalue weighted by Gasteiger charge is -2.55. The van der Waals surface area contributed by atoms with E-state index < -0.39 is 5.82 Å². The molecule has 0 unspecified atom stereocenters. The maximum atomic E-state index is 13.6. The maximum Gasteiger partial charge on any atom is 0.317 e. The number of hydrogen-bond donors (Lipinski definition) is 0. The standard InChI is InChI=1S/C28H25ClFNO4S2/c1-34-23-9-15(10-24-25(32)31(27(36)37-24)19-3-4-21(30)20(29)11-19)2-5-22(23)35-26(33)28-12-16-6-17(13-28)8-18(7-16)14-28/h2-5,9-11,16-18H,6-8,12-14H2,1H3/b24-10-. The van der Waals surface area contributed by atoms with Gasteiger partial charge in [0, 0.05) is 0 Å². The number of thiocarbonyl (C=S) groups is 1. The van der Waals surface area contributed by atoms with Gasteiger partial charge < -0.3 is 9.47 Å². The highest BCUT2D eigenvalue weighted by atomic mass is 35.5. The molecule has 1 heterocycles. The zero-order valence-corrected chi connectivity index (χ0v) is 22.6.